The van der Waals surface area contributed by atoms with E-state index in [1.807, 2.05) is 45.2 Å². The van der Waals surface area contributed by atoms with Crippen molar-refractivity contribution in [2.75, 3.05) is 0 Å². The molecule has 0 saturated heterocycles. The van der Waals surface area contributed by atoms with Crippen LogP contribution in [-0.2, 0) is 30.3 Å². The van der Waals surface area contributed by atoms with Gasteiger partial charge in [0.05, 0.1) is 13.8 Å². The predicted octanol–water partition coefficient (Wildman–Crippen LogP) is 13.4. The van der Waals surface area contributed by atoms with Gasteiger partial charge in [-0.25, -0.2) is 0 Å². The number of aliphatic hydroxyl groups excluding tert-OH is 1. The Hall–Kier alpha value is -2.89. The summed E-state index contributed by atoms with van der Waals surface area (Å²) in [4.78, 5) is 18.0. The Morgan fingerprint density at radius 1 is 0.885 bits per heavy atom. The van der Waals surface area contributed by atoms with Crippen molar-refractivity contribution in [1.82, 2.24) is 4.98 Å². The number of aliphatic hydroxyl groups is 1. The number of nitrogens with zero attached hydrogens (tertiary/aromatic N) is 1. The molecule has 1 N–H and O–H groups in total. The van der Waals surface area contributed by atoms with Crippen LogP contribution in [0.3, 0.4) is 0 Å². The fraction of sp³-hybridized carbons (Fsp3) is 0.435. The Bertz CT molecular complexity index is 1970. The molecule has 5 rings (SSSR count). The molecule has 0 aliphatic carbocycles. The first-order valence-electron chi connectivity index (χ1n) is 19.0. The van der Waals surface area contributed by atoms with E-state index in [2.05, 4.69) is 121 Å². The number of fused-ring (bicyclic) bond motifs is 2. The molecule has 3 aromatic carbocycles. The van der Waals surface area contributed by atoms with E-state index in [-0.39, 0.29) is 48.9 Å². The van der Waals surface area contributed by atoms with Crippen LogP contribution in [0.1, 0.15) is 105 Å². The molecule has 0 aliphatic heterocycles. The first-order chi connectivity index (χ1) is 24.0. The van der Waals surface area contributed by atoms with Crippen LogP contribution in [0.4, 0.5) is 0 Å². The maximum atomic E-state index is 11.7. The van der Waals surface area contributed by atoms with Crippen LogP contribution in [0.25, 0.3) is 42.6 Å². The predicted molar refractivity (Wildman–Crippen MR) is 226 cm³/mol. The van der Waals surface area contributed by atoms with Crippen molar-refractivity contribution in [2.45, 2.75) is 119 Å². The zero-order valence-corrected chi connectivity index (χ0v) is 37.7. The summed E-state index contributed by atoms with van der Waals surface area (Å²) in [5.41, 5.74) is 6.23. The first-order valence-corrected chi connectivity index (χ1v) is 23.3. The normalized spacial score (nSPS) is 12.4. The zero-order chi connectivity index (χ0) is 37.7. The minimum absolute atomic E-state index is 0. The van der Waals surface area contributed by atoms with Crippen molar-refractivity contribution in [3.63, 3.8) is 0 Å². The molecule has 0 amide bonds. The summed E-state index contributed by atoms with van der Waals surface area (Å²) >= 11 is 1.89. The van der Waals surface area contributed by atoms with Crippen LogP contribution in [-0.4, -0.2) is 23.9 Å². The third-order valence-electron chi connectivity index (χ3n) is 10.2. The van der Waals surface area contributed by atoms with Crippen LogP contribution in [0.2, 0.25) is 19.6 Å². The Morgan fingerprint density at radius 3 is 2.02 bits per heavy atom. The van der Waals surface area contributed by atoms with E-state index in [1.54, 1.807) is 0 Å². The summed E-state index contributed by atoms with van der Waals surface area (Å²) in [6.45, 7) is 26.8. The molecule has 2 aromatic heterocycles. The van der Waals surface area contributed by atoms with E-state index < -0.39 is 8.07 Å². The summed E-state index contributed by atoms with van der Waals surface area (Å²) in [5.74, 6) is 0.970. The molecule has 6 heteroatoms. The molecule has 0 bridgehead atoms. The number of benzene rings is 3. The second-order valence-electron chi connectivity index (χ2n) is 16.3. The van der Waals surface area contributed by atoms with Gasteiger partial charge in [-0.2, -0.15) is 0 Å². The van der Waals surface area contributed by atoms with Gasteiger partial charge in [-0.15, -0.1) is 40.5 Å². The van der Waals surface area contributed by atoms with Crippen molar-refractivity contribution in [1.29, 1.82) is 0 Å². The number of carbonyl (C=O) groups excluding carboxylic acids is 1. The Labute approximate surface area is 332 Å². The van der Waals surface area contributed by atoms with Crippen LogP contribution < -0.4 is 5.19 Å². The van der Waals surface area contributed by atoms with Gasteiger partial charge in [-0.3, -0.25) is 9.78 Å². The number of pyridine rings is 1. The Balaban J connectivity index is 0.000000389. The van der Waals surface area contributed by atoms with Gasteiger partial charge in [0.1, 0.15) is 0 Å². The summed E-state index contributed by atoms with van der Waals surface area (Å²) < 4.78 is 1.26. The van der Waals surface area contributed by atoms with Crippen molar-refractivity contribution in [2.24, 2.45) is 11.8 Å². The summed E-state index contributed by atoms with van der Waals surface area (Å²) in [6, 6.07) is 26.2. The SMILES string of the molecule is CC(C)c1c(-c2ccc([Si](C)(C)C)cc2)sc2c(-c3[c-]c4ccccc4c(C(C)(C)C)c3)nccc12.CCC(CC)C(=O)/C=C(\O)C(CC)CC.[Ir]. The molecule has 1 radical (unpaired) electrons. The monoisotopic (exact) mass is 911 g/mol. The van der Waals surface area contributed by atoms with Gasteiger partial charge < -0.3 is 5.11 Å². The molecular weight excluding hydrogens is 851 g/mol. The number of hydrogen-bond acceptors (Lipinski definition) is 4. The number of ketones is 1. The molecule has 0 spiro atoms. The van der Waals surface area contributed by atoms with Gasteiger partial charge in [-0.1, -0.05) is 141 Å². The number of allylic oxidation sites excluding steroid dienone is 2. The zero-order valence-electron chi connectivity index (χ0n) is 33.5. The average Bonchev–Trinajstić information content (AvgIpc) is 3.49. The molecule has 0 saturated carbocycles. The number of aromatic nitrogens is 1. The number of rotatable bonds is 11. The smallest absolute Gasteiger partial charge is 0.162 e. The Kier molecular flexibility index (Phi) is 15.4. The molecule has 5 aromatic rings. The quantitative estimate of drug-likeness (QED) is 0.0622. The van der Waals surface area contributed by atoms with Gasteiger partial charge in [0.15, 0.2) is 5.78 Å². The van der Waals surface area contributed by atoms with Crippen molar-refractivity contribution < 1.29 is 30.0 Å². The molecule has 0 fully saturated rings. The fourth-order valence-corrected chi connectivity index (χ4v) is 9.53. The van der Waals surface area contributed by atoms with E-state index in [0.717, 1.165) is 42.3 Å². The number of carbonyl (C=O) groups is 1. The molecule has 0 unspecified atom stereocenters. The van der Waals surface area contributed by atoms with Crippen LogP contribution in [0, 0.1) is 17.9 Å². The van der Waals surface area contributed by atoms with Gasteiger partial charge in [0.2, 0.25) is 0 Å². The van der Waals surface area contributed by atoms with E-state index >= 15 is 0 Å². The molecule has 2 heterocycles. The van der Waals surface area contributed by atoms with Crippen molar-refractivity contribution in [3.8, 4) is 21.7 Å². The maximum absolute atomic E-state index is 11.7. The van der Waals surface area contributed by atoms with Crippen LogP contribution in [0.15, 0.2) is 78.7 Å². The topological polar surface area (TPSA) is 50.2 Å². The molecule has 0 aliphatic rings. The van der Waals surface area contributed by atoms with E-state index in [1.165, 1.54) is 48.3 Å². The second-order valence-corrected chi connectivity index (χ2v) is 22.4. The maximum Gasteiger partial charge on any atom is 0.162 e. The van der Waals surface area contributed by atoms with E-state index in [9.17, 15) is 9.90 Å². The third kappa shape index (κ3) is 9.99. The Morgan fingerprint density at radius 2 is 1.48 bits per heavy atom. The number of thiophene rings is 1. The van der Waals surface area contributed by atoms with E-state index in [4.69, 9.17) is 4.98 Å². The van der Waals surface area contributed by atoms with Gasteiger partial charge in [0, 0.05) is 59.5 Å². The minimum Gasteiger partial charge on any atom is -0.512 e. The molecule has 281 valence electrons. The van der Waals surface area contributed by atoms with Gasteiger partial charge in [-0.05, 0) is 59.6 Å². The van der Waals surface area contributed by atoms with E-state index in [0.29, 0.717) is 5.92 Å². The first kappa shape index (κ1) is 43.5. The fourth-order valence-electron chi connectivity index (χ4n) is 6.90. The second kappa shape index (κ2) is 18.4. The summed E-state index contributed by atoms with van der Waals surface area (Å²) in [5, 5.41) is 15.0. The van der Waals surface area contributed by atoms with Gasteiger partial charge in [0.25, 0.3) is 0 Å². The van der Waals surface area contributed by atoms with Crippen LogP contribution >= 0.6 is 11.3 Å². The molecule has 0 atom stereocenters. The molecule has 52 heavy (non-hydrogen) atoms. The third-order valence-corrected chi connectivity index (χ3v) is 13.5. The molecule has 3 nitrogen and oxygen atoms in total. The van der Waals surface area contributed by atoms with Gasteiger partial charge >= 0.3 is 0 Å². The number of hydrogen-bond donors (Lipinski definition) is 1. The standard InChI is InChI=1S/C33H36NSSi.C13H24O2.Ir/c1-21(2)29-27-17-18-34-30(24-19-23-11-9-10-12-26(23)28(20-24)33(3,4)5)32(27)35-31(29)22-13-15-25(16-14-22)36(6,7)8;1-5-10(6-2)12(14)9-13(15)11(7-3)8-4;/h9-18,20-21H,1-8H3;9-11,14H,5-8H2,1-4H3;/q-1;;/b;12-9-;. The summed E-state index contributed by atoms with van der Waals surface area (Å²) in [7, 11) is -1.33. The average molecular weight is 911 g/mol. The summed E-state index contributed by atoms with van der Waals surface area (Å²) in [6.07, 6.45) is 6.89. The van der Waals surface area contributed by atoms with Crippen molar-refractivity contribution >= 4 is 51.2 Å². The van der Waals surface area contributed by atoms with Crippen molar-refractivity contribution in [3.05, 3.63) is 95.9 Å². The van der Waals surface area contributed by atoms with Crippen LogP contribution in [0.5, 0.6) is 0 Å². The molecular formula is C46H60IrNO2SSi-. The largest absolute Gasteiger partial charge is 0.512 e. The minimum atomic E-state index is -1.33.